The largest absolute Gasteiger partial charge is 0.489 e. The fourth-order valence-corrected chi connectivity index (χ4v) is 4.83. The van der Waals surface area contributed by atoms with Gasteiger partial charge in [0, 0.05) is 11.6 Å². The minimum Gasteiger partial charge on any atom is -0.489 e. The summed E-state index contributed by atoms with van der Waals surface area (Å²) in [6.45, 7) is 8.37. The monoisotopic (exact) mass is 574 g/mol. The first-order valence-corrected chi connectivity index (χ1v) is 14.2. The number of esters is 1. The summed E-state index contributed by atoms with van der Waals surface area (Å²) in [5, 5.41) is 9.93. The molecule has 0 saturated carbocycles. The molecule has 1 heterocycles. The standard InChI is InChI=1S/C36H34N2O5/c1-22(2)26-9-15-29(16-10-26)41-24(4)36(39)42-30-17-18-31-33(19-30)43-35(38)32(20-37)34(31)27-11-13-28(14-12-27)40-21-25-7-5-23(3)6-8-25/h5-19,22,24,34H,21,38H2,1-4H3. The normalized spacial score (nSPS) is 14.7. The van der Waals surface area contributed by atoms with Gasteiger partial charge in [-0.25, -0.2) is 4.79 Å². The molecular formula is C36H34N2O5. The van der Waals surface area contributed by atoms with Crippen molar-refractivity contribution in [3.8, 4) is 29.1 Å². The van der Waals surface area contributed by atoms with Crippen molar-refractivity contribution in [2.75, 3.05) is 0 Å². The fraction of sp³-hybridized carbons (Fsp3) is 0.222. The Labute approximate surface area is 252 Å². The van der Waals surface area contributed by atoms with Gasteiger partial charge in [-0.3, -0.25) is 0 Å². The van der Waals surface area contributed by atoms with Gasteiger partial charge in [-0.1, -0.05) is 74.0 Å². The van der Waals surface area contributed by atoms with Crippen LogP contribution in [0.4, 0.5) is 0 Å². The van der Waals surface area contributed by atoms with Crippen LogP contribution < -0.4 is 24.7 Å². The van der Waals surface area contributed by atoms with E-state index in [1.807, 2.05) is 67.6 Å². The molecule has 7 nitrogen and oxygen atoms in total. The Kier molecular flexibility index (Phi) is 8.68. The number of benzene rings is 4. The summed E-state index contributed by atoms with van der Waals surface area (Å²) < 4.78 is 23.2. The molecule has 0 aliphatic carbocycles. The quantitative estimate of drug-likeness (QED) is 0.165. The van der Waals surface area contributed by atoms with Gasteiger partial charge in [-0.2, -0.15) is 5.26 Å². The Balaban J connectivity index is 1.29. The van der Waals surface area contributed by atoms with Crippen LogP contribution in [0, 0.1) is 18.3 Å². The Morgan fingerprint density at radius 1 is 0.907 bits per heavy atom. The number of fused-ring (bicyclic) bond motifs is 1. The first kappa shape index (κ1) is 29.3. The third-order valence-corrected chi connectivity index (χ3v) is 7.34. The molecule has 4 aromatic rings. The minimum absolute atomic E-state index is 0.00437. The third-order valence-electron chi connectivity index (χ3n) is 7.34. The minimum atomic E-state index is -0.837. The molecule has 5 rings (SSSR count). The number of hydrogen-bond donors (Lipinski definition) is 1. The molecule has 0 aromatic heterocycles. The molecule has 2 atom stereocenters. The van der Waals surface area contributed by atoms with Crippen molar-refractivity contribution < 1.29 is 23.7 Å². The average Bonchev–Trinajstić information content (AvgIpc) is 3.00. The van der Waals surface area contributed by atoms with Gasteiger partial charge in [-0.15, -0.1) is 0 Å². The molecular weight excluding hydrogens is 540 g/mol. The summed E-state index contributed by atoms with van der Waals surface area (Å²) in [5.41, 5.74) is 11.5. The molecule has 0 amide bonds. The van der Waals surface area contributed by atoms with Gasteiger partial charge < -0.3 is 24.7 Å². The Morgan fingerprint density at radius 2 is 1.56 bits per heavy atom. The summed E-state index contributed by atoms with van der Waals surface area (Å²) in [6, 6.07) is 30.7. The number of allylic oxidation sites excluding steroid dienone is 1. The second kappa shape index (κ2) is 12.7. The van der Waals surface area contributed by atoms with E-state index in [1.54, 1.807) is 25.1 Å². The van der Waals surface area contributed by atoms with Gasteiger partial charge >= 0.3 is 5.97 Å². The number of nitrogens with two attached hydrogens (primary N) is 1. The van der Waals surface area contributed by atoms with E-state index in [9.17, 15) is 10.1 Å². The molecule has 4 aromatic carbocycles. The number of rotatable bonds is 9. The molecule has 7 heteroatoms. The van der Waals surface area contributed by atoms with E-state index in [4.69, 9.17) is 24.7 Å². The van der Waals surface area contributed by atoms with Crippen molar-refractivity contribution in [3.05, 3.63) is 130 Å². The highest BCUT2D eigenvalue weighted by Crippen LogP contribution is 2.43. The van der Waals surface area contributed by atoms with Crippen LogP contribution in [0.5, 0.6) is 23.0 Å². The first-order valence-electron chi connectivity index (χ1n) is 14.2. The lowest BCUT2D eigenvalue weighted by Crippen LogP contribution is -2.28. The van der Waals surface area contributed by atoms with E-state index in [2.05, 4.69) is 32.0 Å². The molecule has 0 spiro atoms. The van der Waals surface area contributed by atoms with Gasteiger partial charge in [0.1, 0.15) is 41.2 Å². The van der Waals surface area contributed by atoms with Crippen molar-refractivity contribution in [1.29, 1.82) is 5.26 Å². The lowest BCUT2D eigenvalue weighted by Gasteiger charge is -2.27. The molecule has 2 unspecified atom stereocenters. The third kappa shape index (κ3) is 6.82. The number of nitriles is 1. The van der Waals surface area contributed by atoms with Gasteiger partial charge in [0.05, 0.1) is 5.92 Å². The maximum absolute atomic E-state index is 12.8. The molecule has 218 valence electrons. The lowest BCUT2D eigenvalue weighted by atomic mass is 9.83. The van der Waals surface area contributed by atoms with Gasteiger partial charge in [0.25, 0.3) is 0 Å². The van der Waals surface area contributed by atoms with Gasteiger partial charge in [0.15, 0.2) is 6.10 Å². The van der Waals surface area contributed by atoms with Crippen molar-refractivity contribution >= 4 is 5.97 Å². The van der Waals surface area contributed by atoms with Crippen LogP contribution in [0.2, 0.25) is 0 Å². The highest BCUT2D eigenvalue weighted by atomic mass is 16.6. The van der Waals surface area contributed by atoms with Gasteiger partial charge in [-0.05, 0) is 66.8 Å². The fourth-order valence-electron chi connectivity index (χ4n) is 4.83. The lowest BCUT2D eigenvalue weighted by molar-refractivity contribution is -0.141. The Bertz CT molecular complexity index is 1670. The number of ether oxygens (including phenoxy) is 4. The van der Waals surface area contributed by atoms with Crippen molar-refractivity contribution in [1.82, 2.24) is 0 Å². The van der Waals surface area contributed by atoms with Crippen molar-refractivity contribution in [2.45, 2.75) is 52.2 Å². The molecule has 0 saturated heterocycles. The van der Waals surface area contributed by atoms with Crippen LogP contribution >= 0.6 is 0 Å². The van der Waals surface area contributed by atoms with E-state index < -0.39 is 18.0 Å². The van der Waals surface area contributed by atoms with Crippen LogP contribution in [0.25, 0.3) is 0 Å². The molecule has 0 radical (unpaired) electrons. The van der Waals surface area contributed by atoms with E-state index in [1.165, 1.54) is 11.1 Å². The van der Waals surface area contributed by atoms with Gasteiger partial charge in [0.2, 0.25) is 5.88 Å². The van der Waals surface area contributed by atoms with Crippen LogP contribution in [0.1, 0.15) is 60.4 Å². The molecule has 0 fully saturated rings. The SMILES string of the molecule is Cc1ccc(COc2ccc(C3C(C#N)=C(N)Oc4cc(OC(=O)C(C)Oc5ccc(C(C)C)cc5)ccc43)cc2)cc1. The maximum Gasteiger partial charge on any atom is 0.352 e. The number of hydrogen-bond acceptors (Lipinski definition) is 7. The van der Waals surface area contributed by atoms with E-state index in [0.29, 0.717) is 35.3 Å². The summed E-state index contributed by atoms with van der Waals surface area (Å²) in [5.74, 6) is 1.37. The van der Waals surface area contributed by atoms with E-state index >= 15 is 0 Å². The van der Waals surface area contributed by atoms with Crippen LogP contribution in [-0.4, -0.2) is 12.1 Å². The number of nitrogens with zero attached hydrogens (tertiary/aromatic N) is 1. The maximum atomic E-state index is 12.8. The molecule has 0 bridgehead atoms. The first-order chi connectivity index (χ1) is 20.7. The molecule has 1 aliphatic heterocycles. The Morgan fingerprint density at radius 3 is 2.21 bits per heavy atom. The second-order valence-electron chi connectivity index (χ2n) is 10.9. The zero-order valence-electron chi connectivity index (χ0n) is 24.7. The van der Waals surface area contributed by atoms with Crippen LogP contribution in [0.3, 0.4) is 0 Å². The predicted octanol–water partition coefficient (Wildman–Crippen LogP) is 7.29. The van der Waals surface area contributed by atoms with Crippen molar-refractivity contribution in [3.63, 3.8) is 0 Å². The number of carbonyl (C=O) groups is 1. The highest BCUT2D eigenvalue weighted by molar-refractivity contribution is 5.77. The molecule has 43 heavy (non-hydrogen) atoms. The summed E-state index contributed by atoms with van der Waals surface area (Å²) >= 11 is 0. The molecule has 1 aliphatic rings. The van der Waals surface area contributed by atoms with Crippen LogP contribution in [0.15, 0.2) is 102 Å². The Hall–Kier alpha value is -5.22. The zero-order chi connectivity index (χ0) is 30.5. The smallest absolute Gasteiger partial charge is 0.352 e. The predicted molar refractivity (Wildman–Crippen MR) is 164 cm³/mol. The van der Waals surface area contributed by atoms with E-state index in [-0.39, 0.29) is 11.6 Å². The summed E-state index contributed by atoms with van der Waals surface area (Å²) in [6.07, 6.45) is -0.837. The summed E-state index contributed by atoms with van der Waals surface area (Å²) in [4.78, 5) is 12.8. The number of aryl methyl sites for hydroxylation is 1. The topological polar surface area (TPSA) is 104 Å². The van der Waals surface area contributed by atoms with Crippen LogP contribution in [-0.2, 0) is 11.4 Å². The highest BCUT2D eigenvalue weighted by Gasteiger charge is 2.31. The average molecular weight is 575 g/mol. The second-order valence-corrected chi connectivity index (χ2v) is 10.9. The van der Waals surface area contributed by atoms with Crippen molar-refractivity contribution in [2.24, 2.45) is 5.73 Å². The number of carbonyl (C=O) groups excluding carboxylic acids is 1. The molecule has 2 N–H and O–H groups in total. The zero-order valence-corrected chi connectivity index (χ0v) is 24.7. The van der Waals surface area contributed by atoms with E-state index in [0.717, 1.165) is 16.7 Å². The summed E-state index contributed by atoms with van der Waals surface area (Å²) in [7, 11) is 0.